The molecule has 0 bridgehead atoms. The number of hydrogen-bond donors (Lipinski definition) is 0. The van der Waals surface area contributed by atoms with Crippen LogP contribution in [0, 0.1) is 0 Å². The van der Waals surface area contributed by atoms with E-state index in [2.05, 4.69) is 0 Å². The van der Waals surface area contributed by atoms with Gasteiger partial charge >= 0.3 is 11.9 Å². The molecule has 2 rings (SSSR count). The fourth-order valence-electron chi connectivity index (χ4n) is 2.03. The zero-order valence-corrected chi connectivity index (χ0v) is 11.9. The molecule has 6 heteroatoms. The van der Waals surface area contributed by atoms with Gasteiger partial charge in [0.05, 0.1) is 19.8 Å². The molecule has 20 heavy (non-hydrogen) atoms. The smallest absolute Gasteiger partial charge is 0.397 e. The maximum Gasteiger partial charge on any atom is 0.397 e. The van der Waals surface area contributed by atoms with Gasteiger partial charge in [-0.05, 0) is 24.6 Å². The number of ether oxygens (including phenoxy) is 2. The van der Waals surface area contributed by atoms with Crippen molar-refractivity contribution in [2.45, 2.75) is 13.0 Å². The predicted octanol–water partition coefficient (Wildman–Crippen LogP) is 1.80. The van der Waals surface area contributed by atoms with Crippen LogP contribution in [0.1, 0.15) is 18.6 Å². The fourth-order valence-corrected chi connectivity index (χ4v) is 2.16. The van der Waals surface area contributed by atoms with Crippen LogP contribution in [-0.2, 0) is 19.1 Å². The number of halogens is 1. The molecular weight excluding hydrogens is 282 g/mol. The Hall–Kier alpha value is -1.59. The van der Waals surface area contributed by atoms with Gasteiger partial charge in [0.15, 0.2) is 0 Å². The number of esters is 1. The van der Waals surface area contributed by atoms with Crippen molar-refractivity contribution in [1.82, 2.24) is 4.90 Å². The normalized spacial score (nSPS) is 18.7. The van der Waals surface area contributed by atoms with E-state index < -0.39 is 11.9 Å². The van der Waals surface area contributed by atoms with Gasteiger partial charge in [-0.25, -0.2) is 4.79 Å². The average molecular weight is 298 g/mol. The molecule has 0 spiro atoms. The molecule has 1 aromatic carbocycles. The lowest BCUT2D eigenvalue weighted by molar-refractivity contribution is -0.163. The number of hydrogen-bond acceptors (Lipinski definition) is 4. The van der Waals surface area contributed by atoms with E-state index in [1.165, 1.54) is 4.90 Å². The summed E-state index contributed by atoms with van der Waals surface area (Å²) in [7, 11) is 0. The van der Waals surface area contributed by atoms with Crippen LogP contribution in [0.2, 0.25) is 5.02 Å². The van der Waals surface area contributed by atoms with E-state index in [1.54, 1.807) is 19.1 Å². The van der Waals surface area contributed by atoms with Gasteiger partial charge in [0.1, 0.15) is 6.10 Å². The zero-order valence-electron chi connectivity index (χ0n) is 11.2. The molecule has 0 radical (unpaired) electrons. The van der Waals surface area contributed by atoms with Gasteiger partial charge in [0.2, 0.25) is 0 Å². The minimum atomic E-state index is -0.816. The number of morpholine rings is 1. The molecule has 1 atom stereocenters. The van der Waals surface area contributed by atoms with E-state index in [1.807, 2.05) is 12.1 Å². The van der Waals surface area contributed by atoms with Crippen LogP contribution >= 0.6 is 11.6 Å². The molecule has 0 N–H and O–H groups in total. The van der Waals surface area contributed by atoms with Crippen LogP contribution in [-0.4, -0.2) is 43.1 Å². The molecule has 5 nitrogen and oxygen atoms in total. The second kappa shape index (κ2) is 6.72. The lowest BCUT2D eigenvalue weighted by Crippen LogP contribution is -2.45. The number of rotatable bonds is 2. The SMILES string of the molecule is CCOC(=O)C(=O)N1CCOC(c2ccc(Cl)cc2)C1. The molecule has 1 saturated heterocycles. The summed E-state index contributed by atoms with van der Waals surface area (Å²) in [4.78, 5) is 24.8. The van der Waals surface area contributed by atoms with Crippen molar-refractivity contribution in [2.75, 3.05) is 26.3 Å². The minimum Gasteiger partial charge on any atom is -0.459 e. The van der Waals surface area contributed by atoms with Crippen LogP contribution in [0.5, 0.6) is 0 Å². The highest BCUT2D eigenvalue weighted by atomic mass is 35.5. The highest BCUT2D eigenvalue weighted by molar-refractivity contribution is 6.32. The highest BCUT2D eigenvalue weighted by Crippen LogP contribution is 2.23. The second-order valence-electron chi connectivity index (χ2n) is 4.38. The number of nitrogens with zero attached hydrogens (tertiary/aromatic N) is 1. The summed E-state index contributed by atoms with van der Waals surface area (Å²) in [6, 6.07) is 7.25. The average Bonchev–Trinajstić information content (AvgIpc) is 2.47. The number of carbonyl (C=O) groups excluding carboxylic acids is 2. The maximum absolute atomic E-state index is 11.9. The van der Waals surface area contributed by atoms with Crippen molar-refractivity contribution in [2.24, 2.45) is 0 Å². The molecule has 1 aromatic rings. The third-order valence-electron chi connectivity index (χ3n) is 3.05. The lowest BCUT2D eigenvalue weighted by atomic mass is 10.1. The van der Waals surface area contributed by atoms with E-state index in [0.717, 1.165) is 5.56 Å². The Labute approximate surface area is 122 Å². The Morgan fingerprint density at radius 3 is 2.75 bits per heavy atom. The minimum absolute atomic E-state index is 0.190. The van der Waals surface area contributed by atoms with Crippen molar-refractivity contribution in [3.8, 4) is 0 Å². The molecule has 108 valence electrons. The standard InChI is InChI=1S/C14H16ClNO4/c1-2-19-14(18)13(17)16-7-8-20-12(9-16)10-3-5-11(15)6-4-10/h3-6,12H,2,7-9H2,1H3. The highest BCUT2D eigenvalue weighted by Gasteiger charge is 2.29. The predicted molar refractivity (Wildman–Crippen MR) is 73.4 cm³/mol. The Morgan fingerprint density at radius 2 is 2.10 bits per heavy atom. The van der Waals surface area contributed by atoms with Gasteiger partial charge in [-0.3, -0.25) is 4.79 Å². The Morgan fingerprint density at radius 1 is 1.40 bits per heavy atom. The first-order valence-corrected chi connectivity index (χ1v) is 6.82. The van der Waals surface area contributed by atoms with Gasteiger partial charge in [0.25, 0.3) is 0 Å². The van der Waals surface area contributed by atoms with Crippen LogP contribution < -0.4 is 0 Å². The molecule has 0 saturated carbocycles. The summed E-state index contributed by atoms with van der Waals surface area (Å²) in [5.74, 6) is -1.43. The van der Waals surface area contributed by atoms with Crippen LogP contribution in [0.15, 0.2) is 24.3 Å². The van der Waals surface area contributed by atoms with Gasteiger partial charge in [-0.2, -0.15) is 0 Å². The third-order valence-corrected chi connectivity index (χ3v) is 3.30. The molecular formula is C14H16ClNO4. The molecule has 1 unspecified atom stereocenters. The van der Waals surface area contributed by atoms with E-state index in [9.17, 15) is 9.59 Å². The third kappa shape index (κ3) is 3.49. The molecule has 0 aliphatic carbocycles. The first kappa shape index (κ1) is 14.8. The van der Waals surface area contributed by atoms with Crippen molar-refractivity contribution < 1.29 is 19.1 Å². The Balaban J connectivity index is 2.03. The van der Waals surface area contributed by atoms with Crippen molar-refractivity contribution in [3.05, 3.63) is 34.9 Å². The van der Waals surface area contributed by atoms with Crippen LogP contribution in [0.4, 0.5) is 0 Å². The van der Waals surface area contributed by atoms with Gasteiger partial charge in [-0.15, -0.1) is 0 Å². The summed E-state index contributed by atoms with van der Waals surface area (Å²) < 4.78 is 10.4. The number of amides is 1. The number of benzene rings is 1. The van der Waals surface area contributed by atoms with E-state index >= 15 is 0 Å². The number of carbonyl (C=O) groups is 2. The summed E-state index contributed by atoms with van der Waals surface area (Å²) >= 11 is 5.84. The van der Waals surface area contributed by atoms with Crippen molar-refractivity contribution >= 4 is 23.5 Å². The zero-order chi connectivity index (χ0) is 14.5. The van der Waals surface area contributed by atoms with Crippen LogP contribution in [0.3, 0.4) is 0 Å². The quantitative estimate of drug-likeness (QED) is 0.617. The van der Waals surface area contributed by atoms with E-state index in [0.29, 0.717) is 24.7 Å². The summed E-state index contributed by atoms with van der Waals surface area (Å²) in [5, 5.41) is 0.643. The largest absolute Gasteiger partial charge is 0.459 e. The van der Waals surface area contributed by atoms with Crippen molar-refractivity contribution in [1.29, 1.82) is 0 Å². The van der Waals surface area contributed by atoms with E-state index in [-0.39, 0.29) is 12.7 Å². The molecule has 1 heterocycles. The summed E-state index contributed by atoms with van der Waals surface area (Å²) in [6.45, 7) is 2.97. The van der Waals surface area contributed by atoms with Gasteiger partial charge in [0, 0.05) is 11.6 Å². The molecule has 0 aromatic heterocycles. The molecule has 1 fully saturated rings. The van der Waals surface area contributed by atoms with Gasteiger partial charge in [-0.1, -0.05) is 23.7 Å². The molecule has 1 aliphatic heterocycles. The monoisotopic (exact) mass is 297 g/mol. The molecule has 1 aliphatic rings. The van der Waals surface area contributed by atoms with Crippen LogP contribution in [0.25, 0.3) is 0 Å². The Bertz CT molecular complexity index is 488. The maximum atomic E-state index is 11.9. The topological polar surface area (TPSA) is 55.8 Å². The first-order chi connectivity index (χ1) is 9.61. The first-order valence-electron chi connectivity index (χ1n) is 6.45. The summed E-state index contributed by atoms with van der Waals surface area (Å²) in [5.41, 5.74) is 0.927. The Kier molecular flexibility index (Phi) is 4.98. The summed E-state index contributed by atoms with van der Waals surface area (Å²) in [6.07, 6.45) is -0.251. The van der Waals surface area contributed by atoms with Crippen molar-refractivity contribution in [3.63, 3.8) is 0 Å². The molecule has 1 amide bonds. The van der Waals surface area contributed by atoms with Gasteiger partial charge < -0.3 is 14.4 Å². The fraction of sp³-hybridized carbons (Fsp3) is 0.429. The lowest BCUT2D eigenvalue weighted by Gasteiger charge is -2.32. The second-order valence-corrected chi connectivity index (χ2v) is 4.82. The van der Waals surface area contributed by atoms with E-state index in [4.69, 9.17) is 21.1 Å².